The van der Waals surface area contributed by atoms with Crippen LogP contribution in [-0.4, -0.2) is 6.04 Å². The highest BCUT2D eigenvalue weighted by Crippen LogP contribution is 2.29. The van der Waals surface area contributed by atoms with E-state index in [0.717, 1.165) is 0 Å². The lowest BCUT2D eigenvalue weighted by Gasteiger charge is -2.29. The van der Waals surface area contributed by atoms with E-state index >= 15 is 0 Å². The third kappa shape index (κ3) is 3.01. The summed E-state index contributed by atoms with van der Waals surface area (Å²) in [5.74, 6) is -0.492. The van der Waals surface area contributed by atoms with Crippen LogP contribution in [0.15, 0.2) is 12.1 Å². The Hall–Kier alpha value is -0.960. The zero-order valence-corrected chi connectivity index (χ0v) is 10.8. The summed E-state index contributed by atoms with van der Waals surface area (Å²) in [7, 11) is 0. The number of nitrogens with one attached hydrogen (secondary N) is 1. The van der Waals surface area contributed by atoms with Crippen LogP contribution < -0.4 is 11.1 Å². The second-order valence-electron chi connectivity index (χ2n) is 5.09. The van der Waals surface area contributed by atoms with Crippen LogP contribution in [0.5, 0.6) is 0 Å². The summed E-state index contributed by atoms with van der Waals surface area (Å²) >= 11 is 5.71. The minimum atomic E-state index is -0.492. The SMILES string of the molecule is CC(Nc1cc(Cl)c(F)cc1N)C(C)(C)C. The molecule has 4 heteroatoms. The molecule has 3 N–H and O–H groups in total. The maximum Gasteiger partial charge on any atom is 0.143 e. The molecule has 1 unspecified atom stereocenters. The second-order valence-corrected chi connectivity index (χ2v) is 5.49. The molecule has 0 saturated heterocycles. The number of benzene rings is 1. The number of hydrogen-bond acceptors (Lipinski definition) is 2. The van der Waals surface area contributed by atoms with E-state index in [-0.39, 0.29) is 16.5 Å². The van der Waals surface area contributed by atoms with E-state index in [2.05, 4.69) is 33.0 Å². The van der Waals surface area contributed by atoms with Crippen molar-refractivity contribution in [3.8, 4) is 0 Å². The Morgan fingerprint density at radius 2 is 1.94 bits per heavy atom. The molecule has 1 atom stereocenters. The summed E-state index contributed by atoms with van der Waals surface area (Å²) in [6, 6.07) is 2.96. The Morgan fingerprint density at radius 3 is 2.44 bits per heavy atom. The molecule has 0 aliphatic rings. The van der Waals surface area contributed by atoms with Gasteiger partial charge in [0.05, 0.1) is 16.4 Å². The van der Waals surface area contributed by atoms with E-state index in [9.17, 15) is 4.39 Å². The summed E-state index contributed by atoms with van der Waals surface area (Å²) in [5, 5.41) is 3.32. The van der Waals surface area contributed by atoms with Crippen LogP contribution in [0.3, 0.4) is 0 Å². The standard InChI is InChI=1S/C12H18ClFN2/c1-7(12(2,3)4)16-11-5-8(13)9(14)6-10(11)15/h5-7,16H,15H2,1-4H3. The van der Waals surface area contributed by atoms with Gasteiger partial charge in [0.2, 0.25) is 0 Å². The van der Waals surface area contributed by atoms with Gasteiger partial charge in [0, 0.05) is 12.1 Å². The van der Waals surface area contributed by atoms with Crippen LogP contribution in [0, 0.1) is 11.2 Å². The average Bonchev–Trinajstić information content (AvgIpc) is 2.12. The van der Waals surface area contributed by atoms with Gasteiger partial charge in [-0.25, -0.2) is 4.39 Å². The monoisotopic (exact) mass is 244 g/mol. The first-order valence-electron chi connectivity index (χ1n) is 5.23. The molecule has 0 amide bonds. The Balaban J connectivity index is 2.94. The third-order valence-electron chi connectivity index (χ3n) is 2.76. The van der Waals surface area contributed by atoms with Crippen LogP contribution in [0.25, 0.3) is 0 Å². The predicted octanol–water partition coefficient (Wildman–Crippen LogP) is 3.91. The summed E-state index contributed by atoms with van der Waals surface area (Å²) in [5.41, 5.74) is 6.86. The van der Waals surface area contributed by atoms with Gasteiger partial charge in [-0.15, -0.1) is 0 Å². The largest absolute Gasteiger partial charge is 0.397 e. The molecule has 0 spiro atoms. The van der Waals surface area contributed by atoms with Gasteiger partial charge in [-0.2, -0.15) is 0 Å². The van der Waals surface area contributed by atoms with Crippen molar-refractivity contribution < 1.29 is 4.39 Å². The van der Waals surface area contributed by atoms with Crippen molar-refractivity contribution in [2.24, 2.45) is 5.41 Å². The molecule has 0 aromatic heterocycles. The van der Waals surface area contributed by atoms with Crippen molar-refractivity contribution in [2.45, 2.75) is 33.7 Å². The van der Waals surface area contributed by atoms with Crippen LogP contribution in [0.2, 0.25) is 5.02 Å². The zero-order valence-electron chi connectivity index (χ0n) is 10.1. The Morgan fingerprint density at radius 1 is 1.38 bits per heavy atom. The molecule has 0 heterocycles. The highest BCUT2D eigenvalue weighted by Gasteiger charge is 2.20. The normalized spacial score (nSPS) is 13.6. The second kappa shape index (κ2) is 4.50. The van der Waals surface area contributed by atoms with Crippen molar-refractivity contribution in [2.75, 3.05) is 11.1 Å². The van der Waals surface area contributed by atoms with Gasteiger partial charge in [-0.1, -0.05) is 32.4 Å². The van der Waals surface area contributed by atoms with E-state index in [1.165, 1.54) is 12.1 Å². The van der Waals surface area contributed by atoms with E-state index in [1.54, 1.807) is 0 Å². The number of anilines is 2. The van der Waals surface area contributed by atoms with E-state index in [0.29, 0.717) is 11.4 Å². The molecule has 0 bridgehead atoms. The summed E-state index contributed by atoms with van der Waals surface area (Å²) in [6.45, 7) is 8.40. The van der Waals surface area contributed by atoms with Gasteiger partial charge in [0.15, 0.2) is 0 Å². The van der Waals surface area contributed by atoms with E-state index in [1.807, 2.05) is 0 Å². The Kier molecular flexibility index (Phi) is 3.68. The third-order valence-corrected chi connectivity index (χ3v) is 3.05. The predicted molar refractivity (Wildman–Crippen MR) is 68.4 cm³/mol. The number of nitrogen functional groups attached to an aromatic ring is 1. The first-order chi connectivity index (χ1) is 7.21. The van der Waals surface area contributed by atoms with Crippen LogP contribution in [0.4, 0.5) is 15.8 Å². The lowest BCUT2D eigenvalue weighted by Crippen LogP contribution is -2.31. The smallest absolute Gasteiger partial charge is 0.143 e. The molecular formula is C12H18ClFN2. The first-order valence-corrected chi connectivity index (χ1v) is 5.60. The van der Waals surface area contributed by atoms with Crippen LogP contribution in [0.1, 0.15) is 27.7 Å². The molecule has 1 aromatic carbocycles. The number of hydrogen-bond donors (Lipinski definition) is 2. The fraction of sp³-hybridized carbons (Fsp3) is 0.500. The van der Waals surface area contributed by atoms with E-state index < -0.39 is 5.82 Å². The molecule has 0 saturated carbocycles. The number of halogens is 2. The quantitative estimate of drug-likeness (QED) is 0.775. The Bertz CT molecular complexity index is 385. The first kappa shape index (κ1) is 13.1. The molecule has 2 nitrogen and oxygen atoms in total. The van der Waals surface area contributed by atoms with Gasteiger partial charge in [-0.05, 0) is 18.4 Å². The molecule has 16 heavy (non-hydrogen) atoms. The molecular weight excluding hydrogens is 227 g/mol. The van der Waals surface area contributed by atoms with Gasteiger partial charge in [0.25, 0.3) is 0 Å². The van der Waals surface area contributed by atoms with Crippen molar-refractivity contribution in [3.05, 3.63) is 23.0 Å². The molecule has 90 valence electrons. The lowest BCUT2D eigenvalue weighted by molar-refractivity contribution is 0.359. The maximum atomic E-state index is 13.1. The maximum absolute atomic E-state index is 13.1. The summed E-state index contributed by atoms with van der Waals surface area (Å²) in [4.78, 5) is 0. The average molecular weight is 245 g/mol. The lowest BCUT2D eigenvalue weighted by atomic mass is 9.88. The van der Waals surface area contributed by atoms with Crippen LogP contribution in [-0.2, 0) is 0 Å². The minimum absolute atomic E-state index is 0.0813. The van der Waals surface area contributed by atoms with Crippen molar-refractivity contribution in [1.29, 1.82) is 0 Å². The molecule has 0 aliphatic carbocycles. The van der Waals surface area contributed by atoms with E-state index in [4.69, 9.17) is 17.3 Å². The van der Waals surface area contributed by atoms with Crippen molar-refractivity contribution >= 4 is 23.0 Å². The van der Waals surface area contributed by atoms with Gasteiger partial charge < -0.3 is 11.1 Å². The molecule has 1 rings (SSSR count). The van der Waals surface area contributed by atoms with Gasteiger partial charge in [-0.3, -0.25) is 0 Å². The highest BCUT2D eigenvalue weighted by atomic mass is 35.5. The molecule has 0 radical (unpaired) electrons. The van der Waals surface area contributed by atoms with Gasteiger partial charge in [0.1, 0.15) is 5.82 Å². The zero-order chi connectivity index (χ0) is 12.5. The number of rotatable bonds is 2. The highest BCUT2D eigenvalue weighted by molar-refractivity contribution is 6.31. The summed E-state index contributed by atoms with van der Waals surface area (Å²) < 4.78 is 13.1. The molecule has 1 aromatic rings. The topological polar surface area (TPSA) is 38.0 Å². The van der Waals surface area contributed by atoms with Crippen LogP contribution >= 0.6 is 11.6 Å². The summed E-state index contributed by atoms with van der Waals surface area (Å²) in [6.07, 6.45) is 0. The van der Waals surface area contributed by atoms with Crippen molar-refractivity contribution in [3.63, 3.8) is 0 Å². The minimum Gasteiger partial charge on any atom is -0.397 e. The van der Waals surface area contributed by atoms with Crippen molar-refractivity contribution in [1.82, 2.24) is 0 Å². The fourth-order valence-electron chi connectivity index (χ4n) is 1.14. The Labute approximate surface area is 101 Å². The molecule has 0 aliphatic heterocycles. The van der Waals surface area contributed by atoms with Gasteiger partial charge >= 0.3 is 0 Å². The number of nitrogens with two attached hydrogens (primary N) is 1. The fourth-order valence-corrected chi connectivity index (χ4v) is 1.30. The molecule has 0 fully saturated rings.